The van der Waals surface area contributed by atoms with Gasteiger partial charge in [0.05, 0.1) is 5.41 Å². The van der Waals surface area contributed by atoms with E-state index in [1.54, 1.807) is 24.3 Å². The van der Waals surface area contributed by atoms with Gasteiger partial charge in [0.2, 0.25) is 0 Å². The van der Waals surface area contributed by atoms with Gasteiger partial charge in [-0.3, -0.25) is 4.90 Å². The quantitative estimate of drug-likeness (QED) is 0.766. The highest BCUT2D eigenvalue weighted by Crippen LogP contribution is 2.65. The van der Waals surface area contributed by atoms with Crippen molar-refractivity contribution in [3.8, 4) is 5.75 Å². The molecule has 2 fully saturated rings. The van der Waals surface area contributed by atoms with Gasteiger partial charge >= 0.3 is 0 Å². The molecule has 2 aromatic rings. The first-order chi connectivity index (χ1) is 12.1. The van der Waals surface area contributed by atoms with Gasteiger partial charge in [0.15, 0.2) is 0 Å². The molecule has 0 bridgehead atoms. The molecule has 1 heterocycles. The number of nitrogens with zero attached hydrogens (tertiary/aromatic N) is 1. The molecule has 132 valence electrons. The number of hydrogen-bond donors (Lipinski definition) is 0. The number of ether oxygens (including phenoxy) is 1. The predicted molar refractivity (Wildman–Crippen MR) is 94.4 cm³/mol. The monoisotopic (exact) mass is 343 g/mol. The number of hydrogen-bond acceptors (Lipinski definition) is 2. The molecule has 0 amide bonds. The molecule has 4 rings (SSSR count). The molecule has 0 aromatic heterocycles. The van der Waals surface area contributed by atoms with Gasteiger partial charge in [-0.15, -0.1) is 0 Å². The van der Waals surface area contributed by atoms with E-state index in [-0.39, 0.29) is 6.42 Å². The van der Waals surface area contributed by atoms with Gasteiger partial charge in [0.1, 0.15) is 12.4 Å². The van der Waals surface area contributed by atoms with E-state index in [9.17, 15) is 8.78 Å². The van der Waals surface area contributed by atoms with Crippen molar-refractivity contribution in [3.05, 3.63) is 65.7 Å². The first-order valence-corrected chi connectivity index (χ1v) is 9.01. The second-order valence-electron chi connectivity index (χ2n) is 7.07. The molecule has 25 heavy (non-hydrogen) atoms. The molecule has 0 spiro atoms. The summed E-state index contributed by atoms with van der Waals surface area (Å²) in [7, 11) is 0. The maximum Gasteiger partial charge on any atom is 0.263 e. The molecule has 0 radical (unpaired) electrons. The molecule has 2 nitrogen and oxygen atoms in total. The highest BCUT2D eigenvalue weighted by atomic mass is 19.3. The van der Waals surface area contributed by atoms with Crippen LogP contribution in [-0.4, -0.2) is 37.1 Å². The van der Waals surface area contributed by atoms with Gasteiger partial charge in [0.25, 0.3) is 5.92 Å². The minimum atomic E-state index is -2.69. The maximum absolute atomic E-state index is 14.3. The second kappa shape index (κ2) is 6.41. The second-order valence-corrected chi connectivity index (χ2v) is 7.07. The average molecular weight is 343 g/mol. The molecule has 1 saturated carbocycles. The SMILES string of the molecule is FC1(F)CC1(c1ccccc1)c1ccc(OCCN2CCCC2)cc1. The zero-order valence-corrected chi connectivity index (χ0v) is 14.3. The van der Waals surface area contributed by atoms with Crippen molar-refractivity contribution >= 4 is 0 Å². The standard InChI is InChI=1S/C21H23F2NO/c22-21(23)16-20(21,17-6-2-1-3-7-17)18-8-10-19(11-9-18)25-15-14-24-12-4-5-13-24/h1-3,6-11H,4-5,12-16H2. The van der Waals surface area contributed by atoms with Gasteiger partial charge in [-0.05, 0) is 49.2 Å². The Kier molecular flexibility index (Phi) is 4.24. The summed E-state index contributed by atoms with van der Waals surface area (Å²) in [5.74, 6) is -1.94. The summed E-state index contributed by atoms with van der Waals surface area (Å²) < 4.78 is 34.3. The maximum atomic E-state index is 14.3. The Morgan fingerprint density at radius 3 is 2.08 bits per heavy atom. The third kappa shape index (κ3) is 3.04. The van der Waals surface area contributed by atoms with Gasteiger partial charge in [-0.1, -0.05) is 42.5 Å². The van der Waals surface area contributed by atoms with Crippen LogP contribution in [0.2, 0.25) is 0 Å². The Morgan fingerprint density at radius 2 is 1.48 bits per heavy atom. The highest BCUT2D eigenvalue weighted by molar-refractivity contribution is 5.51. The van der Waals surface area contributed by atoms with Gasteiger partial charge in [0, 0.05) is 13.0 Å². The minimum Gasteiger partial charge on any atom is -0.492 e. The molecule has 1 atom stereocenters. The summed E-state index contributed by atoms with van der Waals surface area (Å²) in [5, 5.41) is 0. The fourth-order valence-electron chi connectivity index (χ4n) is 3.94. The van der Waals surface area contributed by atoms with E-state index in [1.807, 2.05) is 30.3 Å². The molecule has 4 heteroatoms. The predicted octanol–water partition coefficient (Wildman–Crippen LogP) is 4.49. The molecular formula is C21H23F2NO. The Hall–Kier alpha value is -1.94. The lowest BCUT2D eigenvalue weighted by Gasteiger charge is -2.19. The highest BCUT2D eigenvalue weighted by Gasteiger charge is 2.72. The van der Waals surface area contributed by atoms with Crippen LogP contribution >= 0.6 is 0 Å². The topological polar surface area (TPSA) is 12.5 Å². The van der Waals surface area contributed by atoms with Crippen molar-refractivity contribution in [1.82, 2.24) is 4.90 Å². The molecule has 1 aliphatic heterocycles. The van der Waals surface area contributed by atoms with E-state index < -0.39 is 11.3 Å². The minimum absolute atomic E-state index is 0.126. The van der Waals surface area contributed by atoms with Crippen molar-refractivity contribution in [2.75, 3.05) is 26.2 Å². The normalized spacial score (nSPS) is 25.0. The molecule has 1 saturated heterocycles. The van der Waals surface area contributed by atoms with Crippen molar-refractivity contribution in [3.63, 3.8) is 0 Å². The lowest BCUT2D eigenvalue weighted by Crippen LogP contribution is -2.25. The summed E-state index contributed by atoms with van der Waals surface area (Å²) in [6, 6.07) is 16.3. The molecule has 0 N–H and O–H groups in total. The van der Waals surface area contributed by atoms with E-state index >= 15 is 0 Å². The van der Waals surface area contributed by atoms with Crippen molar-refractivity contribution < 1.29 is 13.5 Å². The van der Waals surface area contributed by atoms with Gasteiger partial charge in [-0.2, -0.15) is 0 Å². The van der Waals surface area contributed by atoms with Crippen molar-refractivity contribution in [2.24, 2.45) is 0 Å². The Morgan fingerprint density at radius 1 is 0.880 bits per heavy atom. The first-order valence-electron chi connectivity index (χ1n) is 9.01. The smallest absolute Gasteiger partial charge is 0.263 e. The first kappa shape index (κ1) is 16.5. The van der Waals surface area contributed by atoms with E-state index in [1.165, 1.54) is 12.8 Å². The number of halogens is 2. The molecule has 1 aliphatic carbocycles. The molecule has 2 aromatic carbocycles. The summed E-state index contributed by atoms with van der Waals surface area (Å²) in [4.78, 5) is 2.39. The molecule has 2 aliphatic rings. The van der Waals surface area contributed by atoms with Crippen LogP contribution in [0.15, 0.2) is 54.6 Å². The zero-order valence-electron chi connectivity index (χ0n) is 14.3. The lowest BCUT2D eigenvalue weighted by molar-refractivity contribution is 0.0966. The van der Waals surface area contributed by atoms with Crippen molar-refractivity contribution in [1.29, 1.82) is 0 Å². The van der Waals surface area contributed by atoms with Crippen LogP contribution in [0.1, 0.15) is 30.4 Å². The fraction of sp³-hybridized carbons (Fsp3) is 0.429. The molecule has 1 unspecified atom stereocenters. The summed E-state index contributed by atoms with van der Waals surface area (Å²) in [6.45, 7) is 3.86. The Balaban J connectivity index is 1.46. The molecular weight excluding hydrogens is 320 g/mol. The number of likely N-dealkylation sites (tertiary alicyclic amines) is 1. The number of benzene rings is 2. The summed E-state index contributed by atoms with van der Waals surface area (Å²) >= 11 is 0. The largest absolute Gasteiger partial charge is 0.492 e. The van der Waals surface area contributed by atoms with E-state index in [0.29, 0.717) is 17.7 Å². The fourth-order valence-corrected chi connectivity index (χ4v) is 3.94. The van der Waals surface area contributed by atoms with Crippen LogP contribution < -0.4 is 4.74 Å². The van der Waals surface area contributed by atoms with Crippen LogP contribution in [0.3, 0.4) is 0 Å². The summed E-state index contributed by atoms with van der Waals surface area (Å²) in [6.07, 6.45) is 2.41. The van der Waals surface area contributed by atoms with Gasteiger partial charge < -0.3 is 4.74 Å². The Labute approximate surface area is 147 Å². The van der Waals surface area contributed by atoms with Crippen LogP contribution in [-0.2, 0) is 5.41 Å². The van der Waals surface area contributed by atoms with E-state index in [2.05, 4.69) is 4.90 Å². The van der Waals surface area contributed by atoms with Crippen LogP contribution in [0.5, 0.6) is 5.75 Å². The third-order valence-electron chi connectivity index (χ3n) is 5.48. The summed E-state index contributed by atoms with van der Waals surface area (Å²) in [5.41, 5.74) is 0.167. The van der Waals surface area contributed by atoms with Gasteiger partial charge in [-0.25, -0.2) is 8.78 Å². The zero-order chi connectivity index (χ0) is 17.3. The number of alkyl halides is 2. The number of rotatable bonds is 6. The van der Waals surface area contributed by atoms with E-state index in [4.69, 9.17) is 4.74 Å². The third-order valence-corrected chi connectivity index (χ3v) is 5.48. The lowest BCUT2D eigenvalue weighted by atomic mass is 9.87. The van der Waals surface area contributed by atoms with Crippen molar-refractivity contribution in [2.45, 2.75) is 30.6 Å². The van der Waals surface area contributed by atoms with E-state index in [0.717, 1.165) is 25.4 Å². The van der Waals surface area contributed by atoms with Crippen LogP contribution in [0.4, 0.5) is 8.78 Å². The van der Waals surface area contributed by atoms with Crippen LogP contribution in [0, 0.1) is 0 Å². The van der Waals surface area contributed by atoms with Crippen LogP contribution in [0.25, 0.3) is 0 Å². The Bertz CT molecular complexity index is 710. The average Bonchev–Trinajstić information content (AvgIpc) is 2.97.